The van der Waals surface area contributed by atoms with Crippen LogP contribution >= 0.6 is 46.4 Å². The van der Waals surface area contributed by atoms with E-state index in [1.807, 2.05) is 0 Å². The fraction of sp³-hybridized carbons (Fsp3) is 0.588. The zero-order valence-electron chi connectivity index (χ0n) is 14.7. The number of amides is 1. The van der Waals surface area contributed by atoms with Gasteiger partial charge in [0.05, 0.1) is 38.4 Å². The number of anilines is 1. The van der Waals surface area contributed by atoms with Crippen molar-refractivity contribution in [3.05, 3.63) is 26.2 Å². The topological polar surface area (TPSA) is 55.8 Å². The van der Waals surface area contributed by atoms with Crippen molar-refractivity contribution >= 4 is 58.0 Å². The molecule has 1 aliphatic heterocycles. The van der Waals surface area contributed by atoms with Crippen LogP contribution in [0.4, 0.5) is 5.69 Å². The van der Waals surface area contributed by atoms with Gasteiger partial charge < -0.3 is 10.4 Å². The van der Waals surface area contributed by atoms with Gasteiger partial charge in [-0.05, 0) is 19.4 Å². The Bertz CT molecular complexity index is 631. The number of hydrogen-bond acceptors (Lipinski definition) is 4. The normalized spacial score (nSPS) is 20.2. The first-order valence-corrected chi connectivity index (χ1v) is 10.0. The van der Waals surface area contributed by atoms with E-state index in [-0.39, 0.29) is 44.3 Å². The quantitative estimate of drug-likeness (QED) is 0.653. The predicted molar refractivity (Wildman–Crippen MR) is 109 cm³/mol. The molecule has 2 N–H and O–H groups in total. The Labute approximate surface area is 174 Å². The molecule has 0 radical (unpaired) electrons. The number of rotatable bonds is 6. The van der Waals surface area contributed by atoms with Crippen LogP contribution < -0.4 is 5.32 Å². The lowest BCUT2D eigenvalue weighted by Crippen LogP contribution is -2.55. The van der Waals surface area contributed by atoms with Gasteiger partial charge in [0.15, 0.2) is 0 Å². The molecule has 5 nitrogen and oxygen atoms in total. The molecule has 26 heavy (non-hydrogen) atoms. The van der Waals surface area contributed by atoms with E-state index in [9.17, 15) is 9.90 Å². The average Bonchev–Trinajstić information content (AvgIpc) is 2.58. The van der Waals surface area contributed by atoms with Crippen LogP contribution in [0, 0.1) is 0 Å². The molecule has 2 unspecified atom stereocenters. The molecule has 1 fully saturated rings. The van der Waals surface area contributed by atoms with E-state index >= 15 is 0 Å². The molecular weight excluding hydrogens is 420 g/mol. The van der Waals surface area contributed by atoms with Gasteiger partial charge in [-0.2, -0.15) is 0 Å². The fourth-order valence-corrected chi connectivity index (χ4v) is 4.04. The number of β-amino-alcohol motifs (C(OH)–C–C–N with tert-alkyl or cyclic N) is 1. The van der Waals surface area contributed by atoms with Crippen molar-refractivity contribution in [2.45, 2.75) is 32.4 Å². The van der Waals surface area contributed by atoms with Gasteiger partial charge in [-0.1, -0.05) is 53.3 Å². The largest absolute Gasteiger partial charge is 0.392 e. The second-order valence-electron chi connectivity index (χ2n) is 6.53. The third-order valence-electron chi connectivity index (χ3n) is 4.40. The van der Waals surface area contributed by atoms with Gasteiger partial charge >= 0.3 is 0 Å². The number of halogens is 4. The average molecular weight is 443 g/mol. The fourth-order valence-electron chi connectivity index (χ4n) is 3.13. The Morgan fingerprint density at radius 1 is 1.27 bits per heavy atom. The number of nitrogens with zero attached hydrogens (tertiary/aromatic N) is 2. The van der Waals surface area contributed by atoms with Crippen molar-refractivity contribution < 1.29 is 9.90 Å². The lowest BCUT2D eigenvalue weighted by Gasteiger charge is -2.41. The Morgan fingerprint density at radius 3 is 2.42 bits per heavy atom. The zero-order chi connectivity index (χ0) is 19.4. The van der Waals surface area contributed by atoms with Gasteiger partial charge in [-0.25, -0.2) is 0 Å². The summed E-state index contributed by atoms with van der Waals surface area (Å²) in [5.41, 5.74) is 0.232. The number of nitrogens with one attached hydrogen (secondary N) is 1. The highest BCUT2D eigenvalue weighted by Gasteiger charge is 2.27. The molecule has 0 spiro atoms. The van der Waals surface area contributed by atoms with Crippen molar-refractivity contribution in [3.8, 4) is 0 Å². The number of piperazine rings is 1. The Hall–Kier alpha value is -0.270. The molecule has 0 saturated carbocycles. The molecule has 1 amide bonds. The maximum absolute atomic E-state index is 12.5. The molecular formula is C17H23Cl4N3O2. The van der Waals surface area contributed by atoms with Gasteiger partial charge in [-0.3, -0.25) is 14.6 Å². The third kappa shape index (κ3) is 5.61. The van der Waals surface area contributed by atoms with Gasteiger partial charge in [0.1, 0.15) is 0 Å². The van der Waals surface area contributed by atoms with E-state index in [0.717, 1.165) is 26.1 Å². The monoisotopic (exact) mass is 441 g/mol. The van der Waals surface area contributed by atoms with Gasteiger partial charge in [0.2, 0.25) is 5.91 Å². The van der Waals surface area contributed by atoms with Crippen LogP contribution in [0.2, 0.25) is 20.1 Å². The number of carbonyl (C=O) groups excluding carboxylic acids is 1. The summed E-state index contributed by atoms with van der Waals surface area (Å²) >= 11 is 24.3. The van der Waals surface area contributed by atoms with Crippen molar-refractivity contribution in [1.82, 2.24) is 9.80 Å². The van der Waals surface area contributed by atoms with Gasteiger partial charge in [-0.15, -0.1) is 0 Å². The van der Waals surface area contributed by atoms with E-state index in [0.29, 0.717) is 12.6 Å². The highest BCUT2D eigenvalue weighted by Crippen LogP contribution is 2.41. The van der Waals surface area contributed by atoms with Crippen LogP contribution in [0.5, 0.6) is 0 Å². The summed E-state index contributed by atoms with van der Waals surface area (Å²) in [6.45, 7) is 7.07. The van der Waals surface area contributed by atoms with Gasteiger partial charge in [0.25, 0.3) is 0 Å². The van der Waals surface area contributed by atoms with Crippen molar-refractivity contribution in [2.24, 2.45) is 0 Å². The molecule has 2 atom stereocenters. The number of aliphatic hydroxyl groups is 1. The molecule has 9 heteroatoms. The van der Waals surface area contributed by atoms with Crippen LogP contribution in [0.25, 0.3) is 0 Å². The first-order chi connectivity index (χ1) is 12.2. The lowest BCUT2D eigenvalue weighted by atomic mass is 10.1. The smallest absolute Gasteiger partial charge is 0.238 e. The van der Waals surface area contributed by atoms with Crippen LogP contribution in [0.1, 0.15) is 20.3 Å². The molecule has 0 bridgehead atoms. The van der Waals surface area contributed by atoms with E-state index in [2.05, 4.69) is 22.0 Å². The Balaban J connectivity index is 1.99. The molecule has 1 saturated heterocycles. The van der Waals surface area contributed by atoms with Crippen molar-refractivity contribution in [2.75, 3.05) is 38.0 Å². The number of carbonyl (C=O) groups is 1. The van der Waals surface area contributed by atoms with E-state index in [1.54, 1.807) is 6.92 Å². The maximum Gasteiger partial charge on any atom is 0.238 e. The minimum atomic E-state index is -0.365. The summed E-state index contributed by atoms with van der Waals surface area (Å²) in [6, 6.07) is 1.75. The summed E-state index contributed by atoms with van der Waals surface area (Å²) in [7, 11) is 0. The summed E-state index contributed by atoms with van der Waals surface area (Å²) in [4.78, 5) is 16.8. The van der Waals surface area contributed by atoms with Crippen molar-refractivity contribution in [3.63, 3.8) is 0 Å². The SMILES string of the molecule is CCC1CN(CC(=O)Nc2c(Cl)c(Cl)cc(Cl)c2Cl)CCN1CC(C)O. The second-order valence-corrected chi connectivity index (χ2v) is 8.10. The summed E-state index contributed by atoms with van der Waals surface area (Å²) < 4.78 is 0. The summed E-state index contributed by atoms with van der Waals surface area (Å²) in [6.07, 6.45) is 0.586. The Kier molecular flexibility index (Phi) is 8.29. The van der Waals surface area contributed by atoms with Crippen LogP contribution in [-0.2, 0) is 4.79 Å². The summed E-state index contributed by atoms with van der Waals surface area (Å²) in [5.74, 6) is -0.231. The molecule has 0 aliphatic carbocycles. The highest BCUT2D eigenvalue weighted by atomic mass is 35.5. The minimum Gasteiger partial charge on any atom is -0.392 e. The molecule has 1 aromatic carbocycles. The van der Waals surface area contributed by atoms with E-state index in [4.69, 9.17) is 46.4 Å². The molecule has 1 heterocycles. The minimum absolute atomic E-state index is 0.169. The van der Waals surface area contributed by atoms with E-state index in [1.165, 1.54) is 6.07 Å². The van der Waals surface area contributed by atoms with Crippen LogP contribution in [0.15, 0.2) is 6.07 Å². The molecule has 1 aliphatic rings. The van der Waals surface area contributed by atoms with Crippen LogP contribution in [-0.4, -0.2) is 65.7 Å². The first kappa shape index (κ1) is 22.0. The third-order valence-corrected chi connectivity index (χ3v) is 5.98. The highest BCUT2D eigenvalue weighted by molar-refractivity contribution is 6.50. The molecule has 2 rings (SSSR count). The zero-order valence-corrected chi connectivity index (χ0v) is 17.8. The maximum atomic E-state index is 12.5. The number of benzene rings is 1. The lowest BCUT2D eigenvalue weighted by molar-refractivity contribution is -0.118. The Morgan fingerprint density at radius 2 is 1.88 bits per heavy atom. The first-order valence-electron chi connectivity index (χ1n) is 8.50. The summed E-state index contributed by atoms with van der Waals surface area (Å²) in [5, 5.41) is 13.1. The predicted octanol–water partition coefficient (Wildman–Crippen LogP) is 4.02. The second kappa shape index (κ2) is 9.78. The van der Waals surface area contributed by atoms with Crippen LogP contribution in [0.3, 0.4) is 0 Å². The van der Waals surface area contributed by atoms with Gasteiger partial charge in [0, 0.05) is 32.2 Å². The number of aliphatic hydroxyl groups excluding tert-OH is 1. The van der Waals surface area contributed by atoms with Crippen molar-refractivity contribution in [1.29, 1.82) is 0 Å². The molecule has 1 aromatic rings. The molecule has 146 valence electrons. The molecule has 0 aromatic heterocycles. The van der Waals surface area contributed by atoms with E-state index < -0.39 is 0 Å². The standard InChI is InChI=1S/C17H23Cl4N3O2/c1-3-11-8-23(4-5-24(11)7-10(2)25)9-14(26)22-17-15(20)12(18)6-13(19)16(17)21/h6,10-11,25H,3-5,7-9H2,1-2H3,(H,22,26). The number of hydrogen-bond donors (Lipinski definition) is 2.